The first-order valence-corrected chi connectivity index (χ1v) is 4.75. The summed E-state index contributed by atoms with van der Waals surface area (Å²) >= 11 is 0. The molecule has 0 saturated carbocycles. The Bertz CT molecular complexity index is 438. The number of aromatic nitrogens is 1. The van der Waals surface area contributed by atoms with E-state index < -0.39 is 11.9 Å². The second kappa shape index (κ2) is 5.74. The molecule has 0 atom stereocenters. The van der Waals surface area contributed by atoms with Crippen molar-refractivity contribution in [1.29, 1.82) is 0 Å². The van der Waals surface area contributed by atoms with E-state index in [-0.39, 0.29) is 23.6 Å². The lowest BCUT2D eigenvalue weighted by Crippen LogP contribution is -2.13. The predicted molar refractivity (Wildman–Crippen MR) is 56.5 cm³/mol. The lowest BCUT2D eigenvalue weighted by atomic mass is 10.2. The summed E-state index contributed by atoms with van der Waals surface area (Å²) in [6.07, 6.45) is 1.20. The Balaban J connectivity index is 2.70. The number of ketones is 1. The number of Topliss-reactive ketones (excluding diaryl/α,β-unsaturated/α-hetero) is 1. The molecule has 0 radical (unpaired) electrons. The zero-order valence-corrected chi connectivity index (χ0v) is 9.43. The minimum absolute atomic E-state index is 0.0268. The fourth-order valence-electron chi connectivity index (χ4n) is 0.994. The van der Waals surface area contributed by atoms with Crippen LogP contribution in [0.3, 0.4) is 0 Å². The molecule has 0 aliphatic rings. The molecule has 1 rings (SSSR count). The van der Waals surface area contributed by atoms with E-state index in [1.165, 1.54) is 32.4 Å². The molecule has 0 fully saturated rings. The van der Waals surface area contributed by atoms with Gasteiger partial charge in [0, 0.05) is 6.20 Å². The molecule has 1 heterocycles. The largest absolute Gasteiger partial charge is 0.465 e. The van der Waals surface area contributed by atoms with Crippen molar-refractivity contribution in [3.05, 3.63) is 29.6 Å². The van der Waals surface area contributed by atoms with Gasteiger partial charge in [-0.3, -0.25) is 4.79 Å². The van der Waals surface area contributed by atoms with Crippen molar-refractivity contribution in [3.63, 3.8) is 0 Å². The molecule has 0 saturated heterocycles. The summed E-state index contributed by atoms with van der Waals surface area (Å²) < 4.78 is 9.12. The molecule has 6 heteroatoms. The number of esters is 2. The molecular weight excluding hydrogens is 226 g/mol. The van der Waals surface area contributed by atoms with Crippen molar-refractivity contribution in [3.8, 4) is 0 Å². The van der Waals surface area contributed by atoms with Gasteiger partial charge in [0.05, 0.1) is 12.7 Å². The van der Waals surface area contributed by atoms with Gasteiger partial charge in [-0.15, -0.1) is 0 Å². The second-order valence-electron chi connectivity index (χ2n) is 3.20. The van der Waals surface area contributed by atoms with Crippen LogP contribution in [0.1, 0.15) is 27.8 Å². The van der Waals surface area contributed by atoms with Gasteiger partial charge >= 0.3 is 11.9 Å². The number of pyridine rings is 1. The maximum atomic E-state index is 11.3. The van der Waals surface area contributed by atoms with Crippen LogP contribution >= 0.6 is 0 Å². The average Bonchev–Trinajstić information content (AvgIpc) is 2.35. The van der Waals surface area contributed by atoms with Crippen LogP contribution in [0.2, 0.25) is 0 Å². The van der Waals surface area contributed by atoms with Gasteiger partial charge in [-0.05, 0) is 19.1 Å². The van der Waals surface area contributed by atoms with Crippen LogP contribution in [0.15, 0.2) is 18.3 Å². The molecule has 17 heavy (non-hydrogen) atoms. The maximum absolute atomic E-state index is 11.3. The van der Waals surface area contributed by atoms with Crippen LogP contribution in [0.4, 0.5) is 0 Å². The molecule has 0 amide bonds. The summed E-state index contributed by atoms with van der Waals surface area (Å²) in [7, 11) is 1.25. The highest BCUT2D eigenvalue weighted by atomic mass is 16.5. The molecule has 0 spiro atoms. The Labute approximate surface area is 97.6 Å². The van der Waals surface area contributed by atoms with E-state index in [9.17, 15) is 14.4 Å². The van der Waals surface area contributed by atoms with Crippen LogP contribution in [0.5, 0.6) is 0 Å². The highest BCUT2D eigenvalue weighted by molar-refractivity contribution is 5.92. The SMILES string of the molecule is COC(=O)c1ccc(C(=O)OCC(C)=O)nc1. The molecule has 90 valence electrons. The smallest absolute Gasteiger partial charge is 0.357 e. The van der Waals surface area contributed by atoms with Gasteiger partial charge in [0.25, 0.3) is 0 Å². The number of nitrogens with zero attached hydrogens (tertiary/aromatic N) is 1. The molecule has 0 aliphatic heterocycles. The third-order valence-corrected chi connectivity index (χ3v) is 1.80. The van der Waals surface area contributed by atoms with E-state index in [0.29, 0.717) is 0 Å². The summed E-state index contributed by atoms with van der Waals surface area (Å²) in [5.41, 5.74) is 0.259. The van der Waals surface area contributed by atoms with E-state index in [1.54, 1.807) is 0 Å². The minimum atomic E-state index is -0.711. The molecule has 0 aliphatic carbocycles. The first kappa shape index (κ1) is 12.8. The summed E-state index contributed by atoms with van der Waals surface area (Å²) in [6.45, 7) is 1.01. The van der Waals surface area contributed by atoms with Crippen LogP contribution < -0.4 is 0 Å². The minimum Gasteiger partial charge on any atom is -0.465 e. The van der Waals surface area contributed by atoms with Gasteiger partial charge < -0.3 is 9.47 Å². The molecule has 0 N–H and O–H groups in total. The number of ether oxygens (including phenoxy) is 2. The van der Waals surface area contributed by atoms with Gasteiger partial charge in [0.15, 0.2) is 5.78 Å². The van der Waals surface area contributed by atoms with Crippen molar-refractivity contribution in [1.82, 2.24) is 4.98 Å². The van der Waals surface area contributed by atoms with Crippen molar-refractivity contribution in [2.45, 2.75) is 6.92 Å². The first-order valence-electron chi connectivity index (χ1n) is 4.75. The van der Waals surface area contributed by atoms with Gasteiger partial charge in [0.1, 0.15) is 12.3 Å². The van der Waals surface area contributed by atoms with Crippen molar-refractivity contribution in [2.75, 3.05) is 13.7 Å². The van der Waals surface area contributed by atoms with Gasteiger partial charge in [0.2, 0.25) is 0 Å². The van der Waals surface area contributed by atoms with Crippen molar-refractivity contribution >= 4 is 17.7 Å². The van der Waals surface area contributed by atoms with Gasteiger partial charge in [-0.25, -0.2) is 14.6 Å². The van der Waals surface area contributed by atoms with Crippen LogP contribution in [0.25, 0.3) is 0 Å². The number of rotatable bonds is 4. The fourth-order valence-corrected chi connectivity index (χ4v) is 0.994. The molecule has 0 unspecified atom stereocenters. The first-order chi connectivity index (χ1) is 8.04. The van der Waals surface area contributed by atoms with E-state index >= 15 is 0 Å². The molecule has 6 nitrogen and oxygen atoms in total. The predicted octanol–water partition coefficient (Wildman–Crippen LogP) is 0.614. The normalized spacial score (nSPS) is 9.53. The summed E-state index contributed by atoms with van der Waals surface area (Å²) in [4.78, 5) is 36.8. The summed E-state index contributed by atoms with van der Waals surface area (Å²) in [6, 6.07) is 2.72. The average molecular weight is 237 g/mol. The van der Waals surface area contributed by atoms with E-state index in [1.807, 2.05) is 0 Å². The molecule has 0 aromatic carbocycles. The highest BCUT2D eigenvalue weighted by Gasteiger charge is 2.11. The lowest BCUT2D eigenvalue weighted by molar-refractivity contribution is -0.120. The molecular formula is C11H11NO5. The molecule has 1 aromatic rings. The number of methoxy groups -OCH3 is 1. The number of carbonyl (C=O) groups excluding carboxylic acids is 3. The Morgan fingerprint density at radius 3 is 2.41 bits per heavy atom. The Kier molecular flexibility index (Phi) is 4.33. The van der Waals surface area contributed by atoms with Crippen LogP contribution in [-0.2, 0) is 14.3 Å². The monoisotopic (exact) mass is 237 g/mol. The highest BCUT2D eigenvalue weighted by Crippen LogP contribution is 2.03. The van der Waals surface area contributed by atoms with Crippen LogP contribution in [0, 0.1) is 0 Å². The third-order valence-electron chi connectivity index (χ3n) is 1.80. The Morgan fingerprint density at radius 1 is 1.24 bits per heavy atom. The number of carbonyl (C=O) groups is 3. The fraction of sp³-hybridized carbons (Fsp3) is 0.273. The maximum Gasteiger partial charge on any atom is 0.357 e. The number of hydrogen-bond acceptors (Lipinski definition) is 6. The second-order valence-corrected chi connectivity index (χ2v) is 3.20. The quantitative estimate of drug-likeness (QED) is 0.713. The van der Waals surface area contributed by atoms with E-state index in [4.69, 9.17) is 0 Å². The summed E-state index contributed by atoms with van der Waals surface area (Å²) in [5, 5.41) is 0. The lowest BCUT2D eigenvalue weighted by Gasteiger charge is -2.02. The topological polar surface area (TPSA) is 82.6 Å². The number of hydrogen-bond donors (Lipinski definition) is 0. The zero-order chi connectivity index (χ0) is 12.8. The summed E-state index contributed by atoms with van der Waals surface area (Å²) in [5.74, 6) is -1.51. The van der Waals surface area contributed by atoms with Crippen molar-refractivity contribution in [2.24, 2.45) is 0 Å². The standard InChI is InChI=1S/C11H11NO5/c1-7(13)6-17-11(15)9-4-3-8(5-12-9)10(14)16-2/h3-5H,6H2,1-2H3. The van der Waals surface area contributed by atoms with E-state index in [0.717, 1.165) is 0 Å². The van der Waals surface area contributed by atoms with E-state index in [2.05, 4.69) is 14.5 Å². The zero-order valence-electron chi connectivity index (χ0n) is 9.43. The Morgan fingerprint density at radius 2 is 1.94 bits per heavy atom. The molecule has 1 aromatic heterocycles. The van der Waals surface area contributed by atoms with Crippen LogP contribution in [-0.4, -0.2) is 36.4 Å². The third kappa shape index (κ3) is 3.67. The Hall–Kier alpha value is -2.24. The van der Waals surface area contributed by atoms with Gasteiger partial charge in [-0.2, -0.15) is 0 Å². The van der Waals surface area contributed by atoms with Gasteiger partial charge in [-0.1, -0.05) is 0 Å². The van der Waals surface area contributed by atoms with Crippen molar-refractivity contribution < 1.29 is 23.9 Å². The molecule has 0 bridgehead atoms.